The van der Waals surface area contributed by atoms with Gasteiger partial charge in [-0.1, -0.05) is 6.07 Å². The van der Waals surface area contributed by atoms with Gasteiger partial charge >= 0.3 is 17.9 Å². The highest BCUT2D eigenvalue weighted by molar-refractivity contribution is 5.88. The third kappa shape index (κ3) is 6.41. The summed E-state index contributed by atoms with van der Waals surface area (Å²) in [6, 6.07) is 5.72. The van der Waals surface area contributed by atoms with Crippen molar-refractivity contribution in [2.24, 2.45) is 0 Å². The average Bonchev–Trinajstić information content (AvgIpc) is 2.87. The summed E-state index contributed by atoms with van der Waals surface area (Å²) in [6.07, 6.45) is 2.96. The van der Waals surface area contributed by atoms with Crippen LogP contribution in [0.25, 0.3) is 0 Å². The quantitative estimate of drug-likeness (QED) is 0.620. The number of pyridine rings is 1. The van der Waals surface area contributed by atoms with E-state index in [-0.39, 0.29) is 0 Å². The fourth-order valence-electron chi connectivity index (χ4n) is 2.50. The summed E-state index contributed by atoms with van der Waals surface area (Å²) in [5, 5.41) is 27.2. The number of hydrogen-bond donors (Lipinski definition) is 3. The number of likely N-dealkylation sites (tertiary alicyclic amines) is 1. The molecule has 0 bridgehead atoms. The van der Waals surface area contributed by atoms with Gasteiger partial charge in [0.05, 0.1) is 12.8 Å². The van der Waals surface area contributed by atoms with E-state index in [9.17, 15) is 19.5 Å². The lowest BCUT2D eigenvalue weighted by atomic mass is 9.96. The zero-order valence-electron chi connectivity index (χ0n) is 14.8. The molecule has 144 valence electrons. The van der Waals surface area contributed by atoms with E-state index >= 15 is 0 Å². The standard InChI is InChI=1S/C12H19NO7.C5H5N/c1-11(4-3-5-13(11)2)20-9(16)7-12(19,10(17)18)6-8(14)15;1-2-4-6-5-3-1/h19H,3-7H2,1-2H3,(H,14,15)(H,17,18);1-5H. The summed E-state index contributed by atoms with van der Waals surface area (Å²) in [5.41, 5.74) is -3.50. The van der Waals surface area contributed by atoms with Gasteiger partial charge in [-0.2, -0.15) is 0 Å². The number of carbonyl (C=O) groups is 3. The minimum absolute atomic E-state index is 0.597. The van der Waals surface area contributed by atoms with Crippen LogP contribution in [0, 0.1) is 0 Å². The number of ether oxygens (including phenoxy) is 1. The highest BCUT2D eigenvalue weighted by Crippen LogP contribution is 2.29. The Morgan fingerprint density at radius 2 is 1.81 bits per heavy atom. The fourth-order valence-corrected chi connectivity index (χ4v) is 2.50. The largest absolute Gasteiger partial charge is 0.481 e. The Morgan fingerprint density at radius 1 is 1.19 bits per heavy atom. The summed E-state index contributed by atoms with van der Waals surface area (Å²) in [5.74, 6) is -4.21. The maximum Gasteiger partial charge on any atom is 0.336 e. The number of aliphatic hydroxyl groups is 1. The molecule has 1 aromatic heterocycles. The Morgan fingerprint density at radius 3 is 2.15 bits per heavy atom. The van der Waals surface area contributed by atoms with Crippen molar-refractivity contribution >= 4 is 17.9 Å². The molecule has 0 amide bonds. The molecule has 1 aliphatic rings. The second kappa shape index (κ2) is 9.25. The summed E-state index contributed by atoms with van der Waals surface area (Å²) >= 11 is 0. The summed E-state index contributed by atoms with van der Waals surface area (Å²) < 4.78 is 5.21. The van der Waals surface area contributed by atoms with Gasteiger partial charge in [0.25, 0.3) is 0 Å². The van der Waals surface area contributed by atoms with Crippen molar-refractivity contribution in [3.8, 4) is 0 Å². The Balaban J connectivity index is 0.000000472. The number of carbonyl (C=O) groups excluding carboxylic acids is 1. The van der Waals surface area contributed by atoms with Crippen molar-refractivity contribution in [2.45, 2.75) is 43.9 Å². The van der Waals surface area contributed by atoms with Crippen LogP contribution in [0.1, 0.15) is 32.6 Å². The van der Waals surface area contributed by atoms with Crippen LogP contribution in [0.5, 0.6) is 0 Å². The number of carboxylic acids is 2. The molecule has 0 spiro atoms. The molecule has 9 heteroatoms. The normalized spacial score (nSPS) is 21.8. The molecule has 9 nitrogen and oxygen atoms in total. The topological polar surface area (TPSA) is 137 Å². The highest BCUT2D eigenvalue weighted by atomic mass is 16.6. The lowest BCUT2D eigenvalue weighted by molar-refractivity contribution is -0.185. The highest BCUT2D eigenvalue weighted by Gasteiger charge is 2.44. The van der Waals surface area contributed by atoms with Crippen LogP contribution in [0.3, 0.4) is 0 Å². The van der Waals surface area contributed by atoms with Crippen LogP contribution < -0.4 is 0 Å². The van der Waals surface area contributed by atoms with E-state index in [1.165, 1.54) is 0 Å². The number of carboxylic acid groups (broad SMARTS) is 2. The Bertz CT molecular complexity index is 598. The SMILES string of the molecule is CN1CCCC1(C)OC(=O)CC(O)(CC(=O)O)C(=O)O.c1ccncc1. The third-order valence-corrected chi connectivity index (χ3v) is 4.12. The molecule has 0 aromatic carbocycles. The molecule has 26 heavy (non-hydrogen) atoms. The zero-order chi connectivity index (χ0) is 19.8. The molecule has 1 fully saturated rings. The first-order valence-electron chi connectivity index (χ1n) is 8.05. The van der Waals surface area contributed by atoms with E-state index < -0.39 is 42.1 Å². The molecule has 2 rings (SSSR count). The molecule has 2 unspecified atom stereocenters. The number of nitrogens with zero attached hydrogens (tertiary/aromatic N) is 2. The number of aromatic nitrogens is 1. The van der Waals surface area contributed by atoms with Gasteiger partial charge in [0.15, 0.2) is 11.3 Å². The Kier molecular flexibility index (Phi) is 7.66. The zero-order valence-corrected chi connectivity index (χ0v) is 14.8. The third-order valence-electron chi connectivity index (χ3n) is 4.12. The minimum Gasteiger partial charge on any atom is -0.481 e. The van der Waals surface area contributed by atoms with Crippen molar-refractivity contribution in [2.75, 3.05) is 13.6 Å². The van der Waals surface area contributed by atoms with Crippen LogP contribution in [-0.4, -0.2) is 68.0 Å². The lowest BCUT2D eigenvalue weighted by Crippen LogP contribution is -2.47. The molecule has 0 aliphatic carbocycles. The molecule has 2 heterocycles. The minimum atomic E-state index is -2.66. The summed E-state index contributed by atoms with van der Waals surface area (Å²) in [4.78, 5) is 38.9. The molecule has 1 saturated heterocycles. The number of aliphatic carboxylic acids is 2. The molecule has 0 saturated carbocycles. The van der Waals surface area contributed by atoms with Gasteiger partial charge in [-0.3, -0.25) is 19.5 Å². The van der Waals surface area contributed by atoms with E-state index in [0.29, 0.717) is 6.42 Å². The fraction of sp³-hybridized carbons (Fsp3) is 0.529. The van der Waals surface area contributed by atoms with Gasteiger partial charge in [0.2, 0.25) is 0 Å². The van der Waals surface area contributed by atoms with E-state index in [0.717, 1.165) is 13.0 Å². The predicted octanol–water partition coefficient (Wildman–Crippen LogP) is 0.733. The van der Waals surface area contributed by atoms with E-state index in [1.807, 2.05) is 23.1 Å². The maximum absolute atomic E-state index is 11.8. The van der Waals surface area contributed by atoms with Crippen LogP contribution in [0.4, 0.5) is 0 Å². The van der Waals surface area contributed by atoms with Crippen LogP contribution >= 0.6 is 0 Å². The molecular formula is C17H24N2O7. The lowest BCUT2D eigenvalue weighted by Gasteiger charge is -2.32. The van der Waals surface area contributed by atoms with Gasteiger partial charge in [-0.25, -0.2) is 4.79 Å². The summed E-state index contributed by atoms with van der Waals surface area (Å²) in [7, 11) is 1.76. The first-order chi connectivity index (χ1) is 12.1. The molecule has 3 N–H and O–H groups in total. The second-order valence-corrected chi connectivity index (χ2v) is 6.28. The van der Waals surface area contributed by atoms with Crippen LogP contribution in [0.15, 0.2) is 30.6 Å². The monoisotopic (exact) mass is 368 g/mol. The number of rotatable bonds is 6. The van der Waals surface area contributed by atoms with Crippen molar-refractivity contribution in [1.29, 1.82) is 0 Å². The predicted molar refractivity (Wildman–Crippen MR) is 90.1 cm³/mol. The van der Waals surface area contributed by atoms with Gasteiger partial charge in [-0.15, -0.1) is 0 Å². The number of hydrogen-bond acceptors (Lipinski definition) is 7. The van der Waals surface area contributed by atoms with Gasteiger partial charge in [0.1, 0.15) is 0 Å². The van der Waals surface area contributed by atoms with Crippen molar-refractivity contribution in [3.05, 3.63) is 30.6 Å². The maximum atomic E-state index is 11.8. The second-order valence-electron chi connectivity index (χ2n) is 6.28. The Hall–Kier alpha value is -2.52. The van der Waals surface area contributed by atoms with Gasteiger partial charge in [-0.05, 0) is 32.5 Å². The van der Waals surface area contributed by atoms with Crippen LogP contribution in [-0.2, 0) is 19.1 Å². The molecular weight excluding hydrogens is 344 g/mol. The number of esters is 1. The first kappa shape index (κ1) is 21.5. The molecule has 0 radical (unpaired) electrons. The molecule has 2 atom stereocenters. The van der Waals surface area contributed by atoms with Crippen LogP contribution in [0.2, 0.25) is 0 Å². The van der Waals surface area contributed by atoms with Gasteiger partial charge in [0, 0.05) is 25.4 Å². The van der Waals surface area contributed by atoms with E-state index in [2.05, 4.69) is 4.98 Å². The van der Waals surface area contributed by atoms with Crippen molar-refractivity contribution < 1.29 is 34.4 Å². The molecule has 1 aromatic rings. The van der Waals surface area contributed by atoms with Gasteiger partial charge < -0.3 is 20.1 Å². The first-order valence-corrected chi connectivity index (χ1v) is 8.05. The van der Waals surface area contributed by atoms with Crippen molar-refractivity contribution in [3.63, 3.8) is 0 Å². The Labute approximate surface area is 151 Å². The summed E-state index contributed by atoms with van der Waals surface area (Å²) in [6.45, 7) is 2.43. The smallest absolute Gasteiger partial charge is 0.336 e. The average molecular weight is 368 g/mol. The van der Waals surface area contributed by atoms with E-state index in [4.69, 9.17) is 14.9 Å². The van der Waals surface area contributed by atoms with Crippen molar-refractivity contribution in [1.82, 2.24) is 9.88 Å². The molecule has 1 aliphatic heterocycles. The van der Waals surface area contributed by atoms with E-state index in [1.54, 1.807) is 26.4 Å².